The number of nitrogens with zero attached hydrogens (tertiary/aromatic N) is 1. The molecule has 0 amide bonds. The van der Waals surface area contributed by atoms with Crippen molar-refractivity contribution in [2.75, 3.05) is 0 Å². The van der Waals surface area contributed by atoms with Crippen molar-refractivity contribution in [1.29, 1.82) is 0 Å². The van der Waals surface area contributed by atoms with Crippen molar-refractivity contribution in [1.82, 2.24) is 4.57 Å². The molecule has 0 N–H and O–H groups in total. The van der Waals surface area contributed by atoms with Gasteiger partial charge in [-0.3, -0.25) is 0 Å². The molecule has 1 aliphatic heterocycles. The molecule has 2 aliphatic carbocycles. The topological polar surface area (TPSA) is 4.93 Å². The first-order valence-electron chi connectivity index (χ1n) is 12.0. The van der Waals surface area contributed by atoms with Crippen LogP contribution in [0.3, 0.4) is 0 Å². The van der Waals surface area contributed by atoms with Crippen molar-refractivity contribution in [3.05, 3.63) is 131 Å². The summed E-state index contributed by atoms with van der Waals surface area (Å²) in [6.45, 7) is 2.42. The predicted octanol–water partition coefficient (Wildman–Crippen LogP) is 7.79. The Labute approximate surface area is 193 Å². The molecule has 2 unspecified atom stereocenters. The Morgan fingerprint density at radius 3 is 2.39 bits per heavy atom. The van der Waals surface area contributed by atoms with E-state index in [-0.39, 0.29) is 5.41 Å². The van der Waals surface area contributed by atoms with E-state index in [1.54, 1.807) is 5.57 Å². The Kier molecular flexibility index (Phi) is 3.18. The molecule has 33 heavy (non-hydrogen) atoms. The number of fused-ring (bicyclic) bond motifs is 11. The summed E-state index contributed by atoms with van der Waals surface area (Å²) in [5.41, 5.74) is 12.4. The van der Waals surface area contributed by atoms with Gasteiger partial charge >= 0.3 is 0 Å². The van der Waals surface area contributed by atoms with Crippen LogP contribution < -0.4 is 0 Å². The quantitative estimate of drug-likeness (QED) is 0.240. The minimum absolute atomic E-state index is 0.253. The molecule has 0 saturated carbocycles. The maximum Gasteiger partial charge on any atom is 0.0720 e. The van der Waals surface area contributed by atoms with Gasteiger partial charge in [-0.05, 0) is 57.9 Å². The van der Waals surface area contributed by atoms with Crippen LogP contribution in [-0.2, 0) is 5.41 Å². The van der Waals surface area contributed by atoms with Crippen LogP contribution in [0.5, 0.6) is 0 Å². The average Bonchev–Trinajstić information content (AvgIpc) is 3.36. The first-order valence-corrected chi connectivity index (χ1v) is 12.0. The molecule has 0 saturated heterocycles. The average molecular weight is 422 g/mol. The van der Waals surface area contributed by atoms with E-state index in [4.69, 9.17) is 0 Å². The highest BCUT2D eigenvalue weighted by molar-refractivity contribution is 6.12. The van der Waals surface area contributed by atoms with Crippen LogP contribution in [0.2, 0.25) is 0 Å². The van der Waals surface area contributed by atoms with Gasteiger partial charge in [0.2, 0.25) is 0 Å². The number of allylic oxidation sites excluding steroid dienone is 4. The first kappa shape index (κ1) is 17.7. The maximum absolute atomic E-state index is 2.52. The normalized spacial score (nSPS) is 22.2. The van der Waals surface area contributed by atoms with Crippen molar-refractivity contribution in [2.24, 2.45) is 5.92 Å². The van der Waals surface area contributed by atoms with E-state index in [0.717, 1.165) is 6.42 Å². The molecule has 1 spiro atoms. The fraction of sp³-hybridized carbons (Fsp3) is 0.125. The van der Waals surface area contributed by atoms with Crippen LogP contribution in [0.4, 0.5) is 0 Å². The highest BCUT2D eigenvalue weighted by atomic mass is 15.0. The minimum Gasteiger partial charge on any atom is -0.309 e. The van der Waals surface area contributed by atoms with Crippen LogP contribution in [0.25, 0.3) is 33.1 Å². The third-order valence-corrected chi connectivity index (χ3v) is 8.23. The molecule has 0 fully saturated rings. The third-order valence-electron chi connectivity index (χ3n) is 8.23. The highest BCUT2D eigenvalue weighted by Gasteiger charge is 2.53. The molecule has 1 nitrogen and oxygen atoms in total. The number of hydrogen-bond acceptors (Lipinski definition) is 0. The fourth-order valence-corrected chi connectivity index (χ4v) is 7.14. The fourth-order valence-electron chi connectivity index (χ4n) is 7.14. The monoisotopic (exact) mass is 421 g/mol. The molecule has 2 atom stereocenters. The molecular formula is C32H23N. The molecule has 0 bridgehead atoms. The second-order valence-electron chi connectivity index (χ2n) is 9.73. The summed E-state index contributed by atoms with van der Waals surface area (Å²) in [5.74, 6) is 0.483. The number of benzene rings is 4. The van der Waals surface area contributed by atoms with Crippen molar-refractivity contribution >= 4 is 27.4 Å². The second kappa shape index (κ2) is 5.94. The Bertz CT molecular complexity index is 1710. The van der Waals surface area contributed by atoms with Crippen molar-refractivity contribution in [2.45, 2.75) is 18.8 Å². The van der Waals surface area contributed by atoms with Gasteiger partial charge in [0.25, 0.3) is 0 Å². The molecule has 1 aromatic heterocycles. The van der Waals surface area contributed by atoms with E-state index < -0.39 is 0 Å². The Morgan fingerprint density at radius 1 is 0.727 bits per heavy atom. The van der Waals surface area contributed by atoms with Crippen molar-refractivity contribution in [3.63, 3.8) is 0 Å². The molecule has 0 radical (unpaired) electrons. The zero-order valence-electron chi connectivity index (χ0n) is 18.5. The number of hydrogen-bond donors (Lipinski definition) is 0. The summed E-state index contributed by atoms with van der Waals surface area (Å²) in [7, 11) is 0. The van der Waals surface area contributed by atoms with E-state index in [1.165, 1.54) is 55.3 Å². The van der Waals surface area contributed by atoms with Gasteiger partial charge in [0.1, 0.15) is 0 Å². The van der Waals surface area contributed by atoms with Gasteiger partial charge in [-0.1, -0.05) is 97.9 Å². The van der Waals surface area contributed by atoms with Gasteiger partial charge in [0.05, 0.1) is 22.1 Å². The molecular weight excluding hydrogens is 398 g/mol. The number of para-hydroxylation sites is 3. The SMILES string of the molecule is CC1CC=CC2=C1C1(c3ccccc32)c2ccccc2-n2c3ccccc3c3cccc1c32. The van der Waals surface area contributed by atoms with Crippen LogP contribution in [-0.4, -0.2) is 4.57 Å². The summed E-state index contributed by atoms with van der Waals surface area (Å²) < 4.78 is 2.52. The van der Waals surface area contributed by atoms with Gasteiger partial charge in [-0.2, -0.15) is 0 Å². The number of aromatic nitrogens is 1. The van der Waals surface area contributed by atoms with E-state index in [1.807, 2.05) is 0 Å². The molecule has 8 rings (SSSR count). The first-order chi connectivity index (χ1) is 16.3. The summed E-state index contributed by atoms with van der Waals surface area (Å²) in [4.78, 5) is 0. The van der Waals surface area contributed by atoms with Crippen LogP contribution >= 0.6 is 0 Å². The van der Waals surface area contributed by atoms with Gasteiger partial charge in [0, 0.05) is 10.8 Å². The summed E-state index contributed by atoms with van der Waals surface area (Å²) in [5, 5.41) is 2.68. The third kappa shape index (κ3) is 1.88. The van der Waals surface area contributed by atoms with Gasteiger partial charge in [-0.15, -0.1) is 0 Å². The molecule has 1 heteroatoms. The van der Waals surface area contributed by atoms with Crippen LogP contribution in [0.1, 0.15) is 35.6 Å². The van der Waals surface area contributed by atoms with Crippen molar-refractivity contribution < 1.29 is 0 Å². The maximum atomic E-state index is 2.52. The largest absolute Gasteiger partial charge is 0.309 e. The van der Waals surface area contributed by atoms with Gasteiger partial charge in [-0.25, -0.2) is 0 Å². The lowest BCUT2D eigenvalue weighted by molar-refractivity contribution is 0.579. The summed E-state index contributed by atoms with van der Waals surface area (Å²) in [6.07, 6.45) is 5.84. The van der Waals surface area contributed by atoms with Crippen LogP contribution in [0.15, 0.2) is 109 Å². The molecule has 4 aromatic carbocycles. The Hall–Kier alpha value is -3.84. The standard InChI is InChI=1S/C32H23N/c1-20-10-8-13-23-21-11-2-4-15-25(21)32(30(20)23)26-16-5-7-19-29(26)33-28-18-6-3-12-22(28)24-14-9-17-27(32)31(24)33/h2-9,11-20H,10H2,1H3. The highest BCUT2D eigenvalue weighted by Crippen LogP contribution is 2.62. The Balaban J connectivity index is 1.68. The lowest BCUT2D eigenvalue weighted by Gasteiger charge is -2.43. The Morgan fingerprint density at radius 2 is 1.45 bits per heavy atom. The summed E-state index contributed by atoms with van der Waals surface area (Å²) in [6, 6.07) is 34.1. The van der Waals surface area contributed by atoms with E-state index in [9.17, 15) is 0 Å². The lowest BCUT2D eigenvalue weighted by Crippen LogP contribution is -2.36. The predicted molar refractivity (Wildman–Crippen MR) is 137 cm³/mol. The molecule has 156 valence electrons. The molecule has 5 aromatic rings. The zero-order valence-corrected chi connectivity index (χ0v) is 18.5. The van der Waals surface area contributed by atoms with E-state index in [2.05, 4.69) is 115 Å². The van der Waals surface area contributed by atoms with Gasteiger partial charge < -0.3 is 4.57 Å². The second-order valence-corrected chi connectivity index (χ2v) is 9.73. The van der Waals surface area contributed by atoms with E-state index >= 15 is 0 Å². The molecule has 2 heterocycles. The van der Waals surface area contributed by atoms with Crippen LogP contribution in [0, 0.1) is 5.92 Å². The van der Waals surface area contributed by atoms with E-state index in [0.29, 0.717) is 5.92 Å². The van der Waals surface area contributed by atoms with Gasteiger partial charge in [0.15, 0.2) is 0 Å². The summed E-state index contributed by atoms with van der Waals surface area (Å²) >= 11 is 0. The lowest BCUT2D eigenvalue weighted by atomic mass is 9.61. The zero-order chi connectivity index (χ0) is 21.7. The smallest absolute Gasteiger partial charge is 0.0720 e. The minimum atomic E-state index is -0.253. The van der Waals surface area contributed by atoms with Crippen molar-refractivity contribution in [3.8, 4) is 5.69 Å². The number of rotatable bonds is 0. The molecule has 3 aliphatic rings.